The Bertz CT molecular complexity index is 783. The highest BCUT2D eigenvalue weighted by atomic mass is 32.3. The Morgan fingerprint density at radius 1 is 1.41 bits per heavy atom. The fourth-order valence-electron chi connectivity index (χ4n) is 3.67. The molecule has 5 N–H and O–H groups in total. The van der Waals surface area contributed by atoms with Crippen molar-refractivity contribution in [1.82, 2.24) is 25.6 Å². The second kappa shape index (κ2) is 6.36. The Kier molecular flexibility index (Phi) is 4.25. The number of amides is 2. The van der Waals surface area contributed by atoms with Gasteiger partial charge in [-0.15, -0.1) is 9.39 Å². The molecule has 1 unspecified atom stereocenters. The van der Waals surface area contributed by atoms with Gasteiger partial charge in [-0.1, -0.05) is 0 Å². The molecule has 0 aromatic carbocycles. The largest absolute Gasteiger partial charge is 0.418 e. The summed E-state index contributed by atoms with van der Waals surface area (Å²) in [5, 5.41) is 13.5. The molecule has 14 nitrogen and oxygen atoms in total. The van der Waals surface area contributed by atoms with Crippen LogP contribution < -0.4 is 11.3 Å². The van der Waals surface area contributed by atoms with Gasteiger partial charge in [0, 0.05) is 32.0 Å². The number of carbonyl (C=O) groups is 1. The van der Waals surface area contributed by atoms with E-state index in [1.165, 1.54) is 10.1 Å². The number of nitrogens with zero attached hydrogens (tertiary/aromatic N) is 5. The molecule has 150 valence electrons. The van der Waals surface area contributed by atoms with E-state index in [-0.39, 0.29) is 18.4 Å². The Labute approximate surface area is 154 Å². The van der Waals surface area contributed by atoms with Crippen LogP contribution in [0, 0.1) is 11.3 Å². The minimum atomic E-state index is -4.78. The van der Waals surface area contributed by atoms with E-state index >= 15 is 0 Å². The van der Waals surface area contributed by atoms with Crippen LogP contribution in [0.25, 0.3) is 0 Å². The molecule has 27 heavy (non-hydrogen) atoms. The summed E-state index contributed by atoms with van der Waals surface area (Å²) in [5.41, 5.74) is 8.14. The zero-order chi connectivity index (χ0) is 19.3. The summed E-state index contributed by atoms with van der Waals surface area (Å²) in [6.45, 7) is 1.57. The van der Waals surface area contributed by atoms with Crippen molar-refractivity contribution in [1.29, 1.82) is 5.41 Å². The maximum Gasteiger partial charge on any atom is 0.418 e. The predicted octanol–water partition coefficient (Wildman–Crippen LogP) is -1.77. The molecule has 4 rings (SSSR count). The van der Waals surface area contributed by atoms with Crippen molar-refractivity contribution < 1.29 is 26.9 Å². The number of hydrazone groups is 1. The highest BCUT2D eigenvalue weighted by Crippen LogP contribution is 2.32. The van der Waals surface area contributed by atoms with Crippen LogP contribution in [-0.2, 0) is 19.5 Å². The van der Waals surface area contributed by atoms with Gasteiger partial charge in [0.1, 0.15) is 6.17 Å². The van der Waals surface area contributed by atoms with Crippen LogP contribution in [0.1, 0.15) is 19.3 Å². The number of piperidine rings is 1. The van der Waals surface area contributed by atoms with Crippen molar-refractivity contribution in [2.45, 2.75) is 31.5 Å². The second-order valence-corrected chi connectivity index (χ2v) is 7.86. The van der Waals surface area contributed by atoms with Crippen molar-refractivity contribution in [2.24, 2.45) is 16.8 Å². The molecule has 2 atom stereocenters. The number of likely N-dealkylation sites (tertiary alicyclic amines) is 1. The summed E-state index contributed by atoms with van der Waals surface area (Å²) in [6, 6.07) is -1.14. The lowest BCUT2D eigenvalue weighted by molar-refractivity contribution is -0.172. The fraction of sp³-hybridized carbons (Fsp3) is 0.750. The van der Waals surface area contributed by atoms with E-state index in [2.05, 4.69) is 14.9 Å². The van der Waals surface area contributed by atoms with Gasteiger partial charge in [-0.2, -0.15) is 13.5 Å². The van der Waals surface area contributed by atoms with E-state index in [1.54, 1.807) is 4.90 Å². The van der Waals surface area contributed by atoms with Crippen molar-refractivity contribution >= 4 is 28.3 Å². The minimum absolute atomic E-state index is 0.0428. The van der Waals surface area contributed by atoms with E-state index in [9.17, 15) is 13.2 Å². The number of urea groups is 1. The average molecular weight is 404 g/mol. The van der Waals surface area contributed by atoms with Crippen LogP contribution in [-0.4, -0.2) is 82.7 Å². The topological polar surface area (TPSA) is 177 Å². The van der Waals surface area contributed by atoms with Gasteiger partial charge in [0.15, 0.2) is 5.96 Å². The van der Waals surface area contributed by atoms with Gasteiger partial charge in [0.2, 0.25) is 5.90 Å². The smallest absolute Gasteiger partial charge is 0.370 e. The van der Waals surface area contributed by atoms with Gasteiger partial charge in [-0.05, 0) is 18.0 Å². The summed E-state index contributed by atoms with van der Waals surface area (Å²) in [4.78, 5) is 21.2. The van der Waals surface area contributed by atoms with E-state index in [0.717, 1.165) is 0 Å². The van der Waals surface area contributed by atoms with Crippen molar-refractivity contribution in [3.8, 4) is 0 Å². The molecule has 0 aromatic heterocycles. The molecule has 0 aromatic rings. The number of guanidine groups is 1. The molecule has 0 radical (unpaired) electrons. The molecule has 4 aliphatic rings. The third-order valence-electron chi connectivity index (χ3n) is 4.97. The Morgan fingerprint density at radius 2 is 2.15 bits per heavy atom. The van der Waals surface area contributed by atoms with Gasteiger partial charge in [-0.3, -0.25) is 14.9 Å². The highest BCUT2D eigenvalue weighted by Gasteiger charge is 2.50. The number of hydrazine groups is 1. The number of hydroxylamine groups is 3. The van der Waals surface area contributed by atoms with Gasteiger partial charge >= 0.3 is 16.4 Å². The van der Waals surface area contributed by atoms with Gasteiger partial charge in [0.25, 0.3) is 0 Å². The fourth-order valence-corrected chi connectivity index (χ4v) is 4.06. The van der Waals surface area contributed by atoms with Crippen LogP contribution in [0.5, 0.6) is 0 Å². The molecule has 0 spiro atoms. The maximum atomic E-state index is 12.4. The standard InChI is InChI=1S/C12H20N8O6S/c13-11(14)17-4-7(5-17)3-9-15-16-20(25-9)10-2-1-8-6-18(10)12(21)19(8)26-27(22,23)24/h7-8,10,16H,1-6H2,(H3,13,14)(H,22,23,24)/t8?,10-/m1/s1. The normalized spacial score (nSPS) is 28.7. The van der Waals surface area contributed by atoms with Crippen LogP contribution in [0.15, 0.2) is 5.10 Å². The number of carbonyl (C=O) groups excluding carboxylic acids is 1. The minimum Gasteiger partial charge on any atom is -0.370 e. The lowest BCUT2D eigenvalue weighted by Gasteiger charge is -2.39. The third kappa shape index (κ3) is 3.45. The van der Waals surface area contributed by atoms with Crippen LogP contribution in [0.2, 0.25) is 0 Å². The summed E-state index contributed by atoms with van der Waals surface area (Å²) in [5.74, 6) is 0.779. The van der Waals surface area contributed by atoms with Crippen LogP contribution in [0.3, 0.4) is 0 Å². The molecule has 3 fully saturated rings. The SMILES string of the molecule is N=C(N)N1CC(CC2=NNN([C@@H]3CCC4CN3C(=O)N4OS(=O)(=O)O)O2)C1. The zero-order valence-electron chi connectivity index (χ0n) is 14.2. The molecule has 4 aliphatic heterocycles. The molecule has 3 saturated heterocycles. The first-order valence-electron chi connectivity index (χ1n) is 8.36. The molecule has 0 aliphatic carbocycles. The van der Waals surface area contributed by atoms with Crippen LogP contribution in [0.4, 0.5) is 4.79 Å². The van der Waals surface area contributed by atoms with E-state index in [4.69, 9.17) is 20.5 Å². The number of nitrogens with two attached hydrogens (primary N) is 1. The highest BCUT2D eigenvalue weighted by molar-refractivity contribution is 7.80. The van der Waals surface area contributed by atoms with Crippen molar-refractivity contribution in [3.05, 3.63) is 0 Å². The first-order chi connectivity index (χ1) is 12.7. The molecular weight excluding hydrogens is 384 g/mol. The zero-order valence-corrected chi connectivity index (χ0v) is 15.0. The quantitative estimate of drug-likeness (QED) is 0.233. The lowest BCUT2D eigenvalue weighted by Crippen LogP contribution is -2.54. The average Bonchev–Trinajstić information content (AvgIpc) is 3.09. The number of fused-ring (bicyclic) bond motifs is 2. The van der Waals surface area contributed by atoms with Crippen molar-refractivity contribution in [3.63, 3.8) is 0 Å². The second-order valence-electron chi connectivity index (χ2n) is 6.86. The maximum absolute atomic E-state index is 12.4. The summed E-state index contributed by atoms with van der Waals surface area (Å²) in [7, 11) is -4.78. The van der Waals surface area contributed by atoms with Gasteiger partial charge < -0.3 is 15.5 Å². The Morgan fingerprint density at radius 3 is 2.81 bits per heavy atom. The first-order valence-corrected chi connectivity index (χ1v) is 9.73. The number of nitrogens with one attached hydrogen (secondary N) is 2. The summed E-state index contributed by atoms with van der Waals surface area (Å²) >= 11 is 0. The number of rotatable bonds is 5. The molecule has 2 bridgehead atoms. The number of hydrogen-bond acceptors (Lipinski definition) is 9. The lowest BCUT2D eigenvalue weighted by atomic mass is 9.97. The van der Waals surface area contributed by atoms with Crippen molar-refractivity contribution in [2.75, 3.05) is 19.6 Å². The molecule has 2 amide bonds. The molecular formula is C12H20N8O6S. The van der Waals surface area contributed by atoms with Gasteiger partial charge in [-0.25, -0.2) is 10.3 Å². The Hall–Kier alpha value is -2.36. The summed E-state index contributed by atoms with van der Waals surface area (Å²) < 4.78 is 35.1. The van der Waals surface area contributed by atoms with Crippen LogP contribution >= 0.6 is 0 Å². The van der Waals surface area contributed by atoms with E-state index < -0.39 is 28.6 Å². The molecule has 0 saturated carbocycles. The van der Waals surface area contributed by atoms with E-state index in [1.807, 2.05) is 0 Å². The van der Waals surface area contributed by atoms with E-state index in [0.29, 0.717) is 43.3 Å². The molecule has 15 heteroatoms. The predicted molar refractivity (Wildman–Crippen MR) is 88.5 cm³/mol. The Balaban J connectivity index is 1.32. The van der Waals surface area contributed by atoms with Gasteiger partial charge in [0.05, 0.1) is 6.04 Å². The number of hydrogen-bond donors (Lipinski definition) is 4. The molecule has 4 heterocycles. The summed E-state index contributed by atoms with van der Waals surface area (Å²) in [6.07, 6.45) is 1.03. The monoisotopic (exact) mass is 404 g/mol. The first kappa shape index (κ1) is 18.0. The third-order valence-corrected chi connectivity index (χ3v) is 5.32.